The summed E-state index contributed by atoms with van der Waals surface area (Å²) in [6.07, 6.45) is 0. The molecule has 2 heterocycles. The molecule has 1 aliphatic heterocycles. The normalized spacial score (nSPS) is 14.4. The number of nitrogens with zero attached hydrogens (tertiary/aromatic N) is 1. The monoisotopic (exact) mass is 535 g/mol. The van der Waals surface area contributed by atoms with Gasteiger partial charge in [0, 0.05) is 6.54 Å². The number of hydrogen-bond acceptors (Lipinski definition) is 5. The van der Waals surface area contributed by atoms with Crippen molar-refractivity contribution < 1.29 is 23.1 Å². The van der Waals surface area contributed by atoms with Crippen LogP contribution in [0.4, 0.5) is 4.39 Å². The van der Waals surface area contributed by atoms with E-state index in [4.69, 9.17) is 13.9 Å². The Labute approximate surface area is 230 Å². The summed E-state index contributed by atoms with van der Waals surface area (Å²) in [7, 11) is 0. The van der Waals surface area contributed by atoms with Crippen LogP contribution >= 0.6 is 0 Å². The number of halogens is 1. The largest absolute Gasteiger partial charge is 0.490 e. The SMILES string of the molecule is CCOc1cc(C2c3c(oc4ccc(F)cc4c3=O)C(=O)N2Cc2ccccc2)ccc1OCc1ccccc1. The van der Waals surface area contributed by atoms with Crippen LogP contribution in [0.3, 0.4) is 0 Å². The van der Waals surface area contributed by atoms with Crippen molar-refractivity contribution in [1.82, 2.24) is 4.90 Å². The fourth-order valence-corrected chi connectivity index (χ4v) is 5.10. The van der Waals surface area contributed by atoms with E-state index in [1.54, 1.807) is 17.0 Å². The zero-order valence-electron chi connectivity index (χ0n) is 21.8. The first-order valence-corrected chi connectivity index (χ1v) is 13.1. The molecule has 0 saturated heterocycles. The molecule has 6 rings (SSSR count). The zero-order valence-corrected chi connectivity index (χ0v) is 21.8. The van der Waals surface area contributed by atoms with Crippen molar-refractivity contribution in [3.05, 3.63) is 141 Å². The minimum Gasteiger partial charge on any atom is -0.490 e. The van der Waals surface area contributed by atoms with Crippen LogP contribution in [0.1, 0.15) is 45.8 Å². The zero-order chi connectivity index (χ0) is 27.6. The van der Waals surface area contributed by atoms with Gasteiger partial charge in [-0.25, -0.2) is 4.39 Å². The molecule has 1 aromatic heterocycles. The highest BCUT2D eigenvalue weighted by atomic mass is 19.1. The first-order valence-electron chi connectivity index (χ1n) is 13.1. The Morgan fingerprint density at radius 1 is 0.825 bits per heavy atom. The number of ether oxygens (including phenoxy) is 2. The van der Waals surface area contributed by atoms with Gasteiger partial charge in [-0.15, -0.1) is 0 Å². The molecule has 0 spiro atoms. The Balaban J connectivity index is 1.46. The highest BCUT2D eigenvalue weighted by Gasteiger charge is 2.43. The van der Waals surface area contributed by atoms with E-state index in [0.29, 0.717) is 30.3 Å². The smallest absolute Gasteiger partial charge is 0.291 e. The van der Waals surface area contributed by atoms with Crippen molar-refractivity contribution in [3.8, 4) is 11.5 Å². The molecular formula is C33H26FNO5. The molecule has 200 valence electrons. The lowest BCUT2D eigenvalue weighted by atomic mass is 9.97. The molecule has 1 unspecified atom stereocenters. The summed E-state index contributed by atoms with van der Waals surface area (Å²) in [5.41, 5.74) is 2.46. The summed E-state index contributed by atoms with van der Waals surface area (Å²) < 4.78 is 32.1. The molecule has 0 radical (unpaired) electrons. The number of benzene rings is 4. The summed E-state index contributed by atoms with van der Waals surface area (Å²) in [5, 5.41) is 0.0888. The average Bonchev–Trinajstić information content (AvgIpc) is 3.25. The van der Waals surface area contributed by atoms with Gasteiger partial charge in [0.05, 0.1) is 23.6 Å². The number of carbonyl (C=O) groups is 1. The maximum Gasteiger partial charge on any atom is 0.291 e. The van der Waals surface area contributed by atoms with Gasteiger partial charge in [0.1, 0.15) is 18.0 Å². The average molecular weight is 536 g/mol. The van der Waals surface area contributed by atoms with Gasteiger partial charge in [-0.3, -0.25) is 9.59 Å². The molecule has 0 aliphatic carbocycles. The molecule has 1 amide bonds. The first-order chi connectivity index (χ1) is 19.5. The van der Waals surface area contributed by atoms with Crippen LogP contribution in [-0.2, 0) is 13.2 Å². The van der Waals surface area contributed by atoms with Crippen molar-refractivity contribution in [2.75, 3.05) is 6.61 Å². The Hall–Kier alpha value is -4.91. The van der Waals surface area contributed by atoms with E-state index in [1.807, 2.05) is 73.7 Å². The minimum atomic E-state index is -0.769. The Kier molecular flexibility index (Phi) is 6.78. The van der Waals surface area contributed by atoms with Crippen LogP contribution in [0.5, 0.6) is 11.5 Å². The van der Waals surface area contributed by atoms with Crippen molar-refractivity contribution in [1.29, 1.82) is 0 Å². The van der Waals surface area contributed by atoms with Gasteiger partial charge in [-0.2, -0.15) is 0 Å². The van der Waals surface area contributed by atoms with Gasteiger partial charge in [0.2, 0.25) is 5.76 Å². The number of carbonyl (C=O) groups excluding carboxylic acids is 1. The predicted octanol–water partition coefficient (Wildman–Crippen LogP) is 6.66. The fraction of sp³-hybridized carbons (Fsp3) is 0.152. The van der Waals surface area contributed by atoms with Crippen LogP contribution in [0, 0.1) is 5.82 Å². The third-order valence-corrected chi connectivity index (χ3v) is 6.94. The second-order valence-electron chi connectivity index (χ2n) is 9.55. The van der Waals surface area contributed by atoms with E-state index in [0.717, 1.165) is 17.2 Å². The molecule has 1 atom stereocenters. The van der Waals surface area contributed by atoms with E-state index in [-0.39, 0.29) is 28.8 Å². The van der Waals surface area contributed by atoms with E-state index >= 15 is 0 Å². The lowest BCUT2D eigenvalue weighted by Gasteiger charge is -2.26. The number of fused-ring (bicyclic) bond motifs is 2. The van der Waals surface area contributed by atoms with Crippen molar-refractivity contribution >= 4 is 16.9 Å². The van der Waals surface area contributed by atoms with Gasteiger partial charge in [-0.05, 0) is 53.9 Å². The van der Waals surface area contributed by atoms with Crippen molar-refractivity contribution in [2.45, 2.75) is 26.1 Å². The van der Waals surface area contributed by atoms with Crippen molar-refractivity contribution in [3.63, 3.8) is 0 Å². The summed E-state index contributed by atoms with van der Waals surface area (Å²) in [5.74, 6) is 0.0381. The molecule has 7 heteroatoms. The molecule has 0 saturated carbocycles. The molecule has 4 aromatic carbocycles. The lowest BCUT2D eigenvalue weighted by molar-refractivity contribution is 0.0714. The molecule has 40 heavy (non-hydrogen) atoms. The van der Waals surface area contributed by atoms with E-state index in [1.165, 1.54) is 12.1 Å². The first kappa shape index (κ1) is 25.4. The summed E-state index contributed by atoms with van der Waals surface area (Å²) in [4.78, 5) is 29.1. The molecular weight excluding hydrogens is 509 g/mol. The molecule has 1 aliphatic rings. The third kappa shape index (κ3) is 4.71. The van der Waals surface area contributed by atoms with Crippen LogP contribution in [0.15, 0.2) is 106 Å². The van der Waals surface area contributed by atoms with Gasteiger partial charge in [0.15, 0.2) is 16.9 Å². The number of rotatable bonds is 8. The maximum absolute atomic E-state index is 14.1. The molecule has 0 N–H and O–H groups in total. The lowest BCUT2D eigenvalue weighted by Crippen LogP contribution is -2.29. The van der Waals surface area contributed by atoms with Crippen LogP contribution in [0.2, 0.25) is 0 Å². The summed E-state index contributed by atoms with van der Waals surface area (Å²) in [6.45, 7) is 2.87. The van der Waals surface area contributed by atoms with Gasteiger partial charge >= 0.3 is 0 Å². The minimum absolute atomic E-state index is 0.0348. The van der Waals surface area contributed by atoms with Gasteiger partial charge < -0.3 is 18.8 Å². The third-order valence-electron chi connectivity index (χ3n) is 6.94. The second-order valence-corrected chi connectivity index (χ2v) is 9.55. The second kappa shape index (κ2) is 10.7. The maximum atomic E-state index is 14.1. The van der Waals surface area contributed by atoms with E-state index < -0.39 is 23.2 Å². The van der Waals surface area contributed by atoms with Gasteiger partial charge in [0.25, 0.3) is 5.91 Å². The highest BCUT2D eigenvalue weighted by molar-refractivity contribution is 5.99. The number of amides is 1. The van der Waals surface area contributed by atoms with Crippen LogP contribution < -0.4 is 14.9 Å². The molecule has 0 bridgehead atoms. The Morgan fingerprint density at radius 3 is 2.27 bits per heavy atom. The standard InChI is InChI=1S/C33H26FNO5/c1-2-38-28-17-23(13-15-27(28)39-20-22-11-7-4-8-12-22)30-29-31(36)25-18-24(34)14-16-26(25)40-32(29)33(37)35(30)19-21-9-5-3-6-10-21/h3-18,30H,2,19-20H2,1H3. The predicted molar refractivity (Wildman–Crippen MR) is 149 cm³/mol. The van der Waals surface area contributed by atoms with Gasteiger partial charge in [-0.1, -0.05) is 66.7 Å². The van der Waals surface area contributed by atoms with Crippen molar-refractivity contribution in [2.24, 2.45) is 0 Å². The van der Waals surface area contributed by atoms with E-state index in [2.05, 4.69) is 0 Å². The number of hydrogen-bond donors (Lipinski definition) is 0. The van der Waals surface area contributed by atoms with E-state index in [9.17, 15) is 14.0 Å². The van der Waals surface area contributed by atoms with Crippen LogP contribution in [0.25, 0.3) is 11.0 Å². The summed E-state index contributed by atoms with van der Waals surface area (Å²) in [6, 6.07) is 27.7. The summed E-state index contributed by atoms with van der Waals surface area (Å²) >= 11 is 0. The molecule has 5 aromatic rings. The fourth-order valence-electron chi connectivity index (χ4n) is 5.10. The quantitative estimate of drug-likeness (QED) is 0.222. The topological polar surface area (TPSA) is 69.0 Å². The van der Waals surface area contributed by atoms with Crippen LogP contribution in [-0.4, -0.2) is 17.4 Å². The Bertz CT molecular complexity index is 1750. The molecule has 0 fully saturated rings. The highest BCUT2D eigenvalue weighted by Crippen LogP contribution is 2.42. The Morgan fingerprint density at radius 2 is 1.55 bits per heavy atom. The molecule has 6 nitrogen and oxygen atoms in total.